The van der Waals surface area contributed by atoms with Crippen LogP contribution in [0.15, 0.2) is 60.8 Å². The summed E-state index contributed by atoms with van der Waals surface area (Å²) >= 11 is 0. The first kappa shape index (κ1) is 18.9. The predicted molar refractivity (Wildman–Crippen MR) is 112 cm³/mol. The fourth-order valence-electron chi connectivity index (χ4n) is 3.64. The lowest BCUT2D eigenvalue weighted by Gasteiger charge is -2.16. The summed E-state index contributed by atoms with van der Waals surface area (Å²) < 4.78 is 1.78. The summed E-state index contributed by atoms with van der Waals surface area (Å²) in [5.74, 6) is 0.641. The number of carbonyl (C=O) groups excluding carboxylic acids is 2. The molecule has 1 aliphatic heterocycles. The Labute approximate surface area is 170 Å². The number of carbonyl (C=O) groups is 2. The Morgan fingerprint density at radius 2 is 1.86 bits per heavy atom. The molecule has 2 amide bonds. The normalized spacial score (nSPS) is 13.7. The summed E-state index contributed by atoms with van der Waals surface area (Å²) in [6.45, 7) is 3.97. The Bertz CT molecular complexity index is 1040. The number of hydrogen-bond donors (Lipinski definition) is 1. The molecule has 6 heteroatoms. The monoisotopic (exact) mass is 388 g/mol. The number of anilines is 1. The SMILES string of the molecule is Cc1cccc(Cn2nccc2NC(=O)c2cccc(CN3CCCC3=O)c2)c1. The van der Waals surface area contributed by atoms with Crippen LogP contribution in [0.3, 0.4) is 0 Å². The van der Waals surface area contributed by atoms with Crippen LogP contribution in [-0.4, -0.2) is 33.0 Å². The molecule has 0 aliphatic carbocycles. The lowest BCUT2D eigenvalue weighted by molar-refractivity contribution is -0.128. The zero-order valence-electron chi connectivity index (χ0n) is 16.5. The van der Waals surface area contributed by atoms with E-state index in [0.29, 0.717) is 30.9 Å². The highest BCUT2D eigenvalue weighted by Crippen LogP contribution is 2.17. The minimum atomic E-state index is -0.189. The van der Waals surface area contributed by atoms with Gasteiger partial charge in [-0.15, -0.1) is 0 Å². The molecule has 0 radical (unpaired) electrons. The number of nitrogens with zero attached hydrogens (tertiary/aromatic N) is 3. The number of aromatic nitrogens is 2. The Morgan fingerprint density at radius 3 is 2.62 bits per heavy atom. The number of amides is 2. The van der Waals surface area contributed by atoms with E-state index in [4.69, 9.17) is 0 Å². The molecule has 2 aromatic carbocycles. The average Bonchev–Trinajstić information content (AvgIpc) is 3.31. The van der Waals surface area contributed by atoms with Crippen molar-refractivity contribution in [2.45, 2.75) is 32.9 Å². The van der Waals surface area contributed by atoms with E-state index in [1.807, 2.05) is 35.2 Å². The molecule has 0 atom stereocenters. The number of hydrogen-bond acceptors (Lipinski definition) is 3. The summed E-state index contributed by atoms with van der Waals surface area (Å²) in [6, 6.07) is 17.5. The third-order valence-electron chi connectivity index (χ3n) is 5.11. The molecule has 3 aromatic rings. The molecule has 1 aliphatic rings. The van der Waals surface area contributed by atoms with Crippen molar-refractivity contribution in [3.63, 3.8) is 0 Å². The minimum absolute atomic E-state index is 0.180. The van der Waals surface area contributed by atoms with Crippen molar-refractivity contribution in [2.24, 2.45) is 0 Å². The second kappa shape index (κ2) is 8.31. The van der Waals surface area contributed by atoms with Crippen molar-refractivity contribution in [1.82, 2.24) is 14.7 Å². The van der Waals surface area contributed by atoms with Crippen LogP contribution in [0.2, 0.25) is 0 Å². The molecule has 0 spiro atoms. The van der Waals surface area contributed by atoms with Crippen LogP contribution < -0.4 is 5.32 Å². The first-order valence-electron chi connectivity index (χ1n) is 9.84. The van der Waals surface area contributed by atoms with Gasteiger partial charge in [-0.2, -0.15) is 5.10 Å². The zero-order valence-corrected chi connectivity index (χ0v) is 16.5. The quantitative estimate of drug-likeness (QED) is 0.701. The highest BCUT2D eigenvalue weighted by molar-refractivity contribution is 6.03. The van der Waals surface area contributed by atoms with Crippen molar-refractivity contribution in [3.05, 3.63) is 83.0 Å². The van der Waals surface area contributed by atoms with Gasteiger partial charge in [0.1, 0.15) is 5.82 Å². The Hall–Kier alpha value is -3.41. The molecule has 29 heavy (non-hydrogen) atoms. The average molecular weight is 388 g/mol. The standard InChI is InChI=1S/C23H24N4O2/c1-17-5-2-6-18(13-17)16-27-21(10-11-24-27)25-23(29)20-8-3-7-19(14-20)15-26-12-4-9-22(26)28/h2-3,5-8,10-11,13-14H,4,9,12,15-16H2,1H3,(H,25,29). The van der Waals surface area contributed by atoms with Crippen molar-refractivity contribution in [3.8, 4) is 0 Å². The van der Waals surface area contributed by atoms with Crippen LogP contribution in [0.4, 0.5) is 5.82 Å². The molecule has 0 bridgehead atoms. The van der Waals surface area contributed by atoms with Crippen LogP contribution in [-0.2, 0) is 17.9 Å². The van der Waals surface area contributed by atoms with Gasteiger partial charge >= 0.3 is 0 Å². The number of aryl methyl sites for hydroxylation is 1. The highest BCUT2D eigenvalue weighted by Gasteiger charge is 2.20. The number of nitrogens with one attached hydrogen (secondary N) is 1. The van der Waals surface area contributed by atoms with Crippen molar-refractivity contribution < 1.29 is 9.59 Å². The summed E-state index contributed by atoms with van der Waals surface area (Å²) in [6.07, 6.45) is 3.20. The lowest BCUT2D eigenvalue weighted by atomic mass is 10.1. The molecule has 0 unspecified atom stereocenters. The van der Waals surface area contributed by atoms with E-state index in [2.05, 4.69) is 29.5 Å². The van der Waals surface area contributed by atoms with Gasteiger partial charge in [-0.25, -0.2) is 4.68 Å². The summed E-state index contributed by atoms with van der Waals surface area (Å²) in [4.78, 5) is 26.5. The van der Waals surface area contributed by atoms with Gasteiger partial charge in [0.15, 0.2) is 0 Å². The predicted octanol–water partition coefficient (Wildman–Crippen LogP) is 3.61. The van der Waals surface area contributed by atoms with Crippen LogP contribution in [0.5, 0.6) is 0 Å². The molecule has 4 rings (SSSR count). The molecular weight excluding hydrogens is 364 g/mol. The number of likely N-dealkylation sites (tertiary alicyclic amines) is 1. The lowest BCUT2D eigenvalue weighted by Crippen LogP contribution is -2.24. The van der Waals surface area contributed by atoms with Gasteiger partial charge in [-0.1, -0.05) is 42.0 Å². The second-order valence-electron chi connectivity index (χ2n) is 7.44. The minimum Gasteiger partial charge on any atom is -0.338 e. The summed E-state index contributed by atoms with van der Waals surface area (Å²) in [7, 11) is 0. The van der Waals surface area contributed by atoms with Gasteiger partial charge < -0.3 is 10.2 Å². The summed E-state index contributed by atoms with van der Waals surface area (Å²) in [5, 5.41) is 7.29. The smallest absolute Gasteiger partial charge is 0.256 e. The number of rotatable bonds is 6. The molecule has 2 heterocycles. The van der Waals surface area contributed by atoms with Crippen molar-refractivity contribution in [1.29, 1.82) is 0 Å². The second-order valence-corrected chi connectivity index (χ2v) is 7.44. The van der Waals surface area contributed by atoms with Gasteiger partial charge in [0.25, 0.3) is 5.91 Å². The third-order valence-corrected chi connectivity index (χ3v) is 5.11. The molecule has 6 nitrogen and oxygen atoms in total. The summed E-state index contributed by atoms with van der Waals surface area (Å²) in [5.41, 5.74) is 3.84. The van der Waals surface area contributed by atoms with E-state index < -0.39 is 0 Å². The number of benzene rings is 2. The maximum atomic E-state index is 12.8. The van der Waals surface area contributed by atoms with Crippen molar-refractivity contribution >= 4 is 17.6 Å². The Morgan fingerprint density at radius 1 is 1.07 bits per heavy atom. The van der Waals surface area contributed by atoms with Gasteiger partial charge in [0.05, 0.1) is 12.7 Å². The zero-order chi connectivity index (χ0) is 20.2. The maximum absolute atomic E-state index is 12.8. The van der Waals surface area contributed by atoms with E-state index in [0.717, 1.165) is 24.1 Å². The molecule has 1 N–H and O–H groups in total. The van der Waals surface area contributed by atoms with Crippen LogP contribution in [0.25, 0.3) is 0 Å². The molecule has 148 valence electrons. The van der Waals surface area contributed by atoms with Gasteiger partial charge in [-0.05, 0) is 36.6 Å². The van der Waals surface area contributed by atoms with E-state index in [-0.39, 0.29) is 11.8 Å². The fourth-order valence-corrected chi connectivity index (χ4v) is 3.64. The van der Waals surface area contributed by atoms with Crippen molar-refractivity contribution in [2.75, 3.05) is 11.9 Å². The third kappa shape index (κ3) is 4.54. The first-order chi connectivity index (χ1) is 14.1. The largest absolute Gasteiger partial charge is 0.338 e. The molecule has 0 saturated carbocycles. The van der Waals surface area contributed by atoms with Crippen LogP contribution >= 0.6 is 0 Å². The van der Waals surface area contributed by atoms with Crippen LogP contribution in [0.1, 0.15) is 39.9 Å². The Kier molecular flexibility index (Phi) is 5.42. The molecular formula is C23H24N4O2. The molecule has 1 fully saturated rings. The van der Waals surface area contributed by atoms with Gasteiger partial charge in [0.2, 0.25) is 5.91 Å². The first-order valence-corrected chi connectivity index (χ1v) is 9.84. The maximum Gasteiger partial charge on any atom is 0.256 e. The van der Waals surface area contributed by atoms with Gasteiger partial charge in [0, 0.05) is 31.1 Å². The van der Waals surface area contributed by atoms with E-state index in [1.165, 1.54) is 5.56 Å². The highest BCUT2D eigenvalue weighted by atomic mass is 16.2. The molecule has 1 saturated heterocycles. The van der Waals surface area contributed by atoms with Crippen LogP contribution in [0, 0.1) is 6.92 Å². The van der Waals surface area contributed by atoms with Gasteiger partial charge in [-0.3, -0.25) is 9.59 Å². The van der Waals surface area contributed by atoms with E-state index >= 15 is 0 Å². The molecule has 1 aromatic heterocycles. The fraction of sp³-hybridized carbons (Fsp3) is 0.261. The van der Waals surface area contributed by atoms with E-state index in [1.54, 1.807) is 23.0 Å². The Balaban J connectivity index is 1.45. The topological polar surface area (TPSA) is 67.2 Å². The van der Waals surface area contributed by atoms with E-state index in [9.17, 15) is 9.59 Å².